The Morgan fingerprint density at radius 3 is 2.63 bits per heavy atom. The van der Waals surface area contributed by atoms with Crippen molar-refractivity contribution >= 4 is 29.1 Å². The molecule has 0 aliphatic carbocycles. The van der Waals surface area contributed by atoms with Crippen molar-refractivity contribution in [1.29, 1.82) is 0 Å². The molecule has 1 aromatic heterocycles. The number of hydrogen-bond acceptors (Lipinski definition) is 6. The molecule has 3 amide bonds. The van der Waals surface area contributed by atoms with Gasteiger partial charge in [0.2, 0.25) is 0 Å². The number of benzene rings is 1. The maximum absolute atomic E-state index is 13.0. The van der Waals surface area contributed by atoms with E-state index in [4.69, 9.17) is 9.47 Å². The molecule has 140 valence electrons. The number of fused-ring (bicyclic) bond motifs is 1. The van der Waals surface area contributed by atoms with Gasteiger partial charge in [-0.25, -0.2) is 4.79 Å². The van der Waals surface area contributed by atoms with Crippen molar-refractivity contribution in [2.75, 3.05) is 19.8 Å². The summed E-state index contributed by atoms with van der Waals surface area (Å²) in [5.74, 6) is 0.407. The molecule has 1 saturated heterocycles. The number of thiophene rings is 1. The molecule has 2 aliphatic heterocycles. The van der Waals surface area contributed by atoms with Crippen LogP contribution in [-0.4, -0.2) is 42.4 Å². The van der Waals surface area contributed by atoms with Crippen LogP contribution >= 0.6 is 11.3 Å². The van der Waals surface area contributed by atoms with E-state index in [2.05, 4.69) is 5.32 Å². The second-order valence-electron chi connectivity index (χ2n) is 6.64. The van der Waals surface area contributed by atoms with Crippen molar-refractivity contribution in [3.63, 3.8) is 0 Å². The first-order chi connectivity index (χ1) is 12.9. The first kappa shape index (κ1) is 17.5. The summed E-state index contributed by atoms with van der Waals surface area (Å²) in [6.07, 6.45) is 0. The number of imide groups is 1. The number of rotatable bonds is 4. The van der Waals surface area contributed by atoms with Crippen molar-refractivity contribution in [3.8, 4) is 11.5 Å². The highest BCUT2D eigenvalue weighted by molar-refractivity contribution is 7.14. The number of amides is 3. The van der Waals surface area contributed by atoms with Gasteiger partial charge in [-0.05, 0) is 43.7 Å². The number of carbonyl (C=O) groups is 3. The average molecular weight is 386 g/mol. The number of urea groups is 1. The number of Topliss-reactive ketones (excluding diaryl/α,β-unsaturated/α-hetero) is 1. The maximum atomic E-state index is 13.0. The summed E-state index contributed by atoms with van der Waals surface area (Å²) < 4.78 is 11.1. The summed E-state index contributed by atoms with van der Waals surface area (Å²) in [5, 5.41) is 2.71. The number of nitrogens with one attached hydrogen (secondary N) is 1. The summed E-state index contributed by atoms with van der Waals surface area (Å²) in [4.78, 5) is 40.4. The van der Waals surface area contributed by atoms with Gasteiger partial charge >= 0.3 is 6.03 Å². The Morgan fingerprint density at radius 2 is 1.93 bits per heavy atom. The fourth-order valence-corrected chi connectivity index (χ4v) is 3.99. The van der Waals surface area contributed by atoms with Crippen molar-refractivity contribution < 1.29 is 23.9 Å². The zero-order valence-electron chi connectivity index (χ0n) is 14.9. The van der Waals surface area contributed by atoms with Crippen molar-refractivity contribution in [3.05, 3.63) is 45.6 Å². The molecule has 2 aromatic rings. The first-order valence-electron chi connectivity index (χ1n) is 8.52. The highest BCUT2D eigenvalue weighted by Crippen LogP contribution is 2.37. The van der Waals surface area contributed by atoms with E-state index >= 15 is 0 Å². The highest BCUT2D eigenvalue weighted by atomic mass is 32.1. The predicted molar refractivity (Wildman–Crippen MR) is 98.4 cm³/mol. The SMILES string of the molecule is Cc1ccc(C(=O)CN2C(=O)NC(C)(c3ccc4c(c3)OCCO4)C2=O)s1. The van der Waals surface area contributed by atoms with Gasteiger partial charge < -0.3 is 14.8 Å². The van der Waals surface area contributed by atoms with E-state index in [0.717, 1.165) is 9.78 Å². The first-order valence-corrected chi connectivity index (χ1v) is 9.34. The Balaban J connectivity index is 1.59. The van der Waals surface area contributed by atoms with Crippen LogP contribution in [-0.2, 0) is 10.3 Å². The fraction of sp³-hybridized carbons (Fsp3) is 0.316. The molecule has 0 bridgehead atoms. The van der Waals surface area contributed by atoms with Gasteiger partial charge in [0.1, 0.15) is 18.8 Å². The topological polar surface area (TPSA) is 84.9 Å². The molecule has 1 unspecified atom stereocenters. The van der Waals surface area contributed by atoms with Crippen LogP contribution in [0.1, 0.15) is 27.0 Å². The summed E-state index contributed by atoms with van der Waals surface area (Å²) in [6.45, 7) is 4.13. The fourth-order valence-electron chi connectivity index (χ4n) is 3.20. The molecule has 1 fully saturated rings. The van der Waals surface area contributed by atoms with E-state index in [9.17, 15) is 14.4 Å². The lowest BCUT2D eigenvalue weighted by Gasteiger charge is -2.25. The van der Waals surface area contributed by atoms with Gasteiger partial charge in [-0.3, -0.25) is 14.5 Å². The smallest absolute Gasteiger partial charge is 0.325 e. The Kier molecular flexibility index (Phi) is 4.15. The summed E-state index contributed by atoms with van der Waals surface area (Å²) in [5.41, 5.74) is -0.689. The second kappa shape index (κ2) is 6.38. The van der Waals surface area contributed by atoms with Crippen LogP contribution in [0.25, 0.3) is 0 Å². The molecule has 8 heteroatoms. The third kappa shape index (κ3) is 2.95. The lowest BCUT2D eigenvalue weighted by Crippen LogP contribution is -2.41. The largest absolute Gasteiger partial charge is 0.486 e. The van der Waals surface area contributed by atoms with Gasteiger partial charge in [0.05, 0.1) is 11.4 Å². The Bertz CT molecular complexity index is 953. The van der Waals surface area contributed by atoms with Crippen LogP contribution in [0.2, 0.25) is 0 Å². The lowest BCUT2D eigenvalue weighted by atomic mass is 9.91. The molecule has 4 rings (SSSR count). The van der Waals surface area contributed by atoms with Crippen LogP contribution in [0.3, 0.4) is 0 Å². The van der Waals surface area contributed by atoms with E-state index in [0.29, 0.717) is 35.2 Å². The van der Waals surface area contributed by atoms with E-state index < -0.39 is 17.5 Å². The predicted octanol–water partition coefficient (Wildman–Crippen LogP) is 2.48. The number of ether oxygens (including phenoxy) is 2. The molecule has 1 N–H and O–H groups in total. The van der Waals surface area contributed by atoms with E-state index in [1.54, 1.807) is 31.2 Å². The summed E-state index contributed by atoms with van der Waals surface area (Å²) in [7, 11) is 0. The Labute approximate surface area is 159 Å². The molecule has 7 nitrogen and oxygen atoms in total. The monoisotopic (exact) mass is 386 g/mol. The van der Waals surface area contributed by atoms with Crippen LogP contribution in [0.5, 0.6) is 11.5 Å². The molecule has 2 aliphatic rings. The van der Waals surface area contributed by atoms with E-state index in [1.807, 2.05) is 13.0 Å². The highest BCUT2D eigenvalue weighted by Gasteiger charge is 2.49. The Morgan fingerprint density at radius 1 is 1.19 bits per heavy atom. The van der Waals surface area contributed by atoms with Gasteiger partial charge in [-0.15, -0.1) is 11.3 Å². The molecule has 0 saturated carbocycles. The number of ketones is 1. The summed E-state index contributed by atoms with van der Waals surface area (Å²) >= 11 is 1.34. The number of nitrogens with zero attached hydrogens (tertiary/aromatic N) is 1. The zero-order valence-corrected chi connectivity index (χ0v) is 15.7. The molecule has 1 atom stereocenters. The minimum Gasteiger partial charge on any atom is -0.486 e. The van der Waals surface area contributed by atoms with E-state index in [1.165, 1.54) is 11.3 Å². The van der Waals surface area contributed by atoms with Crippen molar-refractivity contribution in [1.82, 2.24) is 10.2 Å². The molecule has 3 heterocycles. The lowest BCUT2D eigenvalue weighted by molar-refractivity contribution is -0.130. The van der Waals surface area contributed by atoms with E-state index in [-0.39, 0.29) is 12.3 Å². The third-order valence-electron chi connectivity index (χ3n) is 4.71. The van der Waals surface area contributed by atoms with Crippen LogP contribution in [0.4, 0.5) is 4.79 Å². The van der Waals surface area contributed by atoms with Crippen LogP contribution < -0.4 is 14.8 Å². The standard InChI is InChI=1S/C19H18N2O5S/c1-11-3-6-16(27-11)13(22)10-21-17(23)19(2,20-18(21)24)12-4-5-14-15(9-12)26-8-7-25-14/h3-6,9H,7-8,10H2,1-2H3,(H,20,24). The van der Waals surface area contributed by atoms with Crippen LogP contribution in [0.15, 0.2) is 30.3 Å². The molecule has 0 radical (unpaired) electrons. The molecular weight excluding hydrogens is 368 g/mol. The molecule has 27 heavy (non-hydrogen) atoms. The normalized spacial score (nSPS) is 21.3. The van der Waals surface area contributed by atoms with Gasteiger partial charge in [-0.1, -0.05) is 6.07 Å². The molecule has 0 spiro atoms. The minimum absolute atomic E-state index is 0.261. The summed E-state index contributed by atoms with van der Waals surface area (Å²) in [6, 6.07) is 8.10. The van der Waals surface area contributed by atoms with Crippen LogP contribution in [0, 0.1) is 6.92 Å². The molecular formula is C19H18N2O5S. The van der Waals surface area contributed by atoms with Gasteiger partial charge in [0, 0.05) is 4.88 Å². The van der Waals surface area contributed by atoms with Gasteiger partial charge in [0.25, 0.3) is 5.91 Å². The van der Waals surface area contributed by atoms with Crippen molar-refractivity contribution in [2.45, 2.75) is 19.4 Å². The molecule has 1 aromatic carbocycles. The number of aryl methyl sites for hydroxylation is 1. The number of carbonyl (C=O) groups excluding carboxylic acids is 3. The minimum atomic E-state index is -1.27. The second-order valence-corrected chi connectivity index (χ2v) is 7.93. The van der Waals surface area contributed by atoms with Gasteiger partial charge in [-0.2, -0.15) is 0 Å². The quantitative estimate of drug-likeness (QED) is 0.645. The average Bonchev–Trinajstić information content (AvgIpc) is 3.19. The Hall–Kier alpha value is -2.87. The third-order valence-corrected chi connectivity index (χ3v) is 5.75. The van der Waals surface area contributed by atoms with Gasteiger partial charge in [0.15, 0.2) is 17.3 Å². The maximum Gasteiger partial charge on any atom is 0.325 e. The van der Waals surface area contributed by atoms with Crippen molar-refractivity contribution in [2.24, 2.45) is 0 Å². The number of hydrogen-bond donors (Lipinski definition) is 1. The zero-order chi connectivity index (χ0) is 19.2.